The van der Waals surface area contributed by atoms with Crippen molar-refractivity contribution in [3.63, 3.8) is 0 Å². The summed E-state index contributed by atoms with van der Waals surface area (Å²) in [5.41, 5.74) is 0.698. The Morgan fingerprint density at radius 1 is 1.20 bits per heavy atom. The molecular weight excluding hydrogens is 280 g/mol. The van der Waals surface area contributed by atoms with E-state index in [0.29, 0.717) is 33.9 Å². The van der Waals surface area contributed by atoms with Gasteiger partial charge in [-0.25, -0.2) is 0 Å². The van der Waals surface area contributed by atoms with Crippen molar-refractivity contribution in [2.75, 3.05) is 20.0 Å². The SMILES string of the molecule is COc1cc(OC)cc(-c2nnc(SCC(C)=O)o2)c1. The fourth-order valence-electron chi connectivity index (χ4n) is 1.48. The summed E-state index contributed by atoms with van der Waals surface area (Å²) in [6.07, 6.45) is 0. The van der Waals surface area contributed by atoms with E-state index in [0.717, 1.165) is 0 Å². The molecule has 1 aromatic heterocycles. The molecule has 1 aromatic carbocycles. The van der Waals surface area contributed by atoms with E-state index in [4.69, 9.17) is 13.9 Å². The van der Waals surface area contributed by atoms with Crippen LogP contribution in [0.25, 0.3) is 11.5 Å². The Labute approximate surface area is 120 Å². The van der Waals surface area contributed by atoms with E-state index in [-0.39, 0.29) is 5.78 Å². The first kappa shape index (κ1) is 14.4. The normalized spacial score (nSPS) is 10.3. The van der Waals surface area contributed by atoms with E-state index >= 15 is 0 Å². The first-order valence-electron chi connectivity index (χ1n) is 5.81. The summed E-state index contributed by atoms with van der Waals surface area (Å²) in [6.45, 7) is 1.51. The molecule has 0 atom stereocenters. The molecule has 6 nitrogen and oxygen atoms in total. The second kappa shape index (κ2) is 6.42. The zero-order valence-corrected chi connectivity index (χ0v) is 12.2. The minimum Gasteiger partial charge on any atom is -0.497 e. The van der Waals surface area contributed by atoms with Gasteiger partial charge in [0.2, 0.25) is 5.89 Å². The molecule has 0 aliphatic carbocycles. The number of ether oxygens (including phenoxy) is 2. The predicted molar refractivity (Wildman–Crippen MR) is 74.2 cm³/mol. The maximum atomic E-state index is 10.9. The largest absolute Gasteiger partial charge is 0.497 e. The third-order valence-corrected chi connectivity index (χ3v) is 3.37. The van der Waals surface area contributed by atoms with Crippen LogP contribution in [-0.4, -0.2) is 36.0 Å². The molecule has 20 heavy (non-hydrogen) atoms. The molecule has 0 saturated carbocycles. The highest BCUT2D eigenvalue weighted by Crippen LogP contribution is 2.30. The lowest BCUT2D eigenvalue weighted by molar-refractivity contribution is -0.114. The summed E-state index contributed by atoms with van der Waals surface area (Å²) in [5.74, 6) is 1.99. The van der Waals surface area contributed by atoms with Crippen LogP contribution in [0.4, 0.5) is 0 Å². The van der Waals surface area contributed by atoms with Crippen LogP contribution in [0.15, 0.2) is 27.8 Å². The Balaban J connectivity index is 2.24. The molecule has 0 spiro atoms. The maximum Gasteiger partial charge on any atom is 0.277 e. The van der Waals surface area contributed by atoms with Gasteiger partial charge >= 0.3 is 0 Å². The summed E-state index contributed by atoms with van der Waals surface area (Å²) in [7, 11) is 3.14. The van der Waals surface area contributed by atoms with Gasteiger partial charge in [0.25, 0.3) is 5.22 Å². The average molecular weight is 294 g/mol. The van der Waals surface area contributed by atoms with Gasteiger partial charge in [-0.1, -0.05) is 11.8 Å². The van der Waals surface area contributed by atoms with Gasteiger partial charge in [0.05, 0.1) is 20.0 Å². The van der Waals surface area contributed by atoms with Gasteiger partial charge in [-0.05, 0) is 19.1 Å². The summed E-state index contributed by atoms with van der Waals surface area (Å²) >= 11 is 1.21. The lowest BCUT2D eigenvalue weighted by Crippen LogP contribution is -1.92. The van der Waals surface area contributed by atoms with Crippen LogP contribution in [0.3, 0.4) is 0 Å². The molecule has 0 bridgehead atoms. The minimum atomic E-state index is 0.0535. The van der Waals surface area contributed by atoms with Crippen LogP contribution in [0, 0.1) is 0 Å². The van der Waals surface area contributed by atoms with Gasteiger partial charge in [-0.2, -0.15) is 0 Å². The van der Waals surface area contributed by atoms with E-state index in [1.54, 1.807) is 32.4 Å². The number of ketones is 1. The van der Waals surface area contributed by atoms with Crippen molar-refractivity contribution in [2.24, 2.45) is 0 Å². The summed E-state index contributed by atoms with van der Waals surface area (Å²) in [6, 6.07) is 5.30. The number of carbonyl (C=O) groups is 1. The first-order valence-corrected chi connectivity index (χ1v) is 6.80. The quantitative estimate of drug-likeness (QED) is 0.757. The van der Waals surface area contributed by atoms with Gasteiger partial charge in [0.15, 0.2) is 0 Å². The van der Waals surface area contributed by atoms with E-state index in [2.05, 4.69) is 10.2 Å². The fraction of sp³-hybridized carbons (Fsp3) is 0.308. The summed E-state index contributed by atoms with van der Waals surface area (Å²) in [5, 5.41) is 8.20. The Bertz CT molecular complexity index is 590. The highest BCUT2D eigenvalue weighted by atomic mass is 32.2. The molecule has 2 aromatic rings. The third-order valence-electron chi connectivity index (χ3n) is 2.40. The van der Waals surface area contributed by atoms with Gasteiger partial charge < -0.3 is 13.9 Å². The number of nitrogens with zero attached hydrogens (tertiary/aromatic N) is 2. The molecule has 0 aliphatic heterocycles. The van der Waals surface area contributed by atoms with Crippen LogP contribution in [0.5, 0.6) is 11.5 Å². The molecule has 2 rings (SSSR count). The standard InChI is InChI=1S/C13H14N2O4S/c1-8(16)7-20-13-15-14-12(19-13)9-4-10(17-2)6-11(5-9)18-3/h4-6H,7H2,1-3H3. The van der Waals surface area contributed by atoms with Gasteiger partial charge in [0.1, 0.15) is 17.3 Å². The number of aromatic nitrogens is 2. The zero-order chi connectivity index (χ0) is 14.5. The predicted octanol–water partition coefficient (Wildman–Crippen LogP) is 2.43. The monoisotopic (exact) mass is 294 g/mol. The molecule has 0 radical (unpaired) electrons. The summed E-state index contributed by atoms with van der Waals surface area (Å²) < 4.78 is 15.9. The van der Waals surface area contributed by atoms with Crippen LogP contribution >= 0.6 is 11.8 Å². The minimum absolute atomic E-state index is 0.0535. The van der Waals surface area contributed by atoms with Crippen LogP contribution in [-0.2, 0) is 4.79 Å². The number of hydrogen-bond donors (Lipinski definition) is 0. The molecule has 0 N–H and O–H groups in total. The topological polar surface area (TPSA) is 74.5 Å². The van der Waals surface area contributed by atoms with E-state index in [9.17, 15) is 4.79 Å². The first-order chi connectivity index (χ1) is 9.62. The number of Topliss-reactive ketones (excluding diaryl/α,β-unsaturated/α-hetero) is 1. The van der Waals surface area contributed by atoms with Crippen molar-refractivity contribution in [2.45, 2.75) is 12.1 Å². The Morgan fingerprint density at radius 3 is 2.40 bits per heavy atom. The van der Waals surface area contributed by atoms with E-state index < -0.39 is 0 Å². The number of thioether (sulfide) groups is 1. The van der Waals surface area contributed by atoms with E-state index in [1.807, 2.05) is 0 Å². The Hall–Kier alpha value is -2.02. The van der Waals surface area contributed by atoms with Crippen molar-refractivity contribution in [1.82, 2.24) is 10.2 Å². The molecule has 106 valence electrons. The lowest BCUT2D eigenvalue weighted by atomic mass is 10.2. The molecule has 0 saturated heterocycles. The van der Waals surface area contributed by atoms with Crippen molar-refractivity contribution >= 4 is 17.5 Å². The number of rotatable bonds is 6. The Kier molecular flexibility index (Phi) is 4.62. The lowest BCUT2D eigenvalue weighted by Gasteiger charge is -2.05. The van der Waals surface area contributed by atoms with Gasteiger partial charge in [-0.15, -0.1) is 10.2 Å². The number of benzene rings is 1. The fourth-order valence-corrected chi connectivity index (χ4v) is 2.04. The van der Waals surface area contributed by atoms with E-state index in [1.165, 1.54) is 18.7 Å². The van der Waals surface area contributed by atoms with Gasteiger partial charge in [-0.3, -0.25) is 4.79 Å². The molecule has 0 fully saturated rings. The number of carbonyl (C=O) groups excluding carboxylic acids is 1. The average Bonchev–Trinajstić information content (AvgIpc) is 2.93. The van der Waals surface area contributed by atoms with Crippen LogP contribution < -0.4 is 9.47 Å². The molecule has 0 unspecified atom stereocenters. The smallest absolute Gasteiger partial charge is 0.277 e. The molecule has 7 heteroatoms. The highest BCUT2D eigenvalue weighted by molar-refractivity contribution is 7.99. The molecule has 0 aliphatic rings. The van der Waals surface area contributed by atoms with Crippen molar-refractivity contribution < 1.29 is 18.7 Å². The second-order valence-electron chi connectivity index (χ2n) is 3.97. The molecule has 1 heterocycles. The van der Waals surface area contributed by atoms with Gasteiger partial charge in [0, 0.05) is 11.6 Å². The number of methoxy groups -OCH3 is 2. The Morgan fingerprint density at radius 2 is 1.85 bits per heavy atom. The number of hydrogen-bond acceptors (Lipinski definition) is 7. The maximum absolute atomic E-state index is 10.9. The van der Waals surface area contributed by atoms with Crippen molar-refractivity contribution in [3.8, 4) is 23.0 Å². The highest BCUT2D eigenvalue weighted by Gasteiger charge is 2.12. The molecule has 0 amide bonds. The molecular formula is C13H14N2O4S. The van der Waals surface area contributed by atoms with Crippen LogP contribution in [0.2, 0.25) is 0 Å². The van der Waals surface area contributed by atoms with Crippen molar-refractivity contribution in [3.05, 3.63) is 18.2 Å². The zero-order valence-electron chi connectivity index (χ0n) is 11.4. The third kappa shape index (κ3) is 3.51. The summed E-state index contributed by atoms with van der Waals surface area (Å²) in [4.78, 5) is 10.9. The second-order valence-corrected chi connectivity index (χ2v) is 4.89. The van der Waals surface area contributed by atoms with Crippen LogP contribution in [0.1, 0.15) is 6.92 Å². The van der Waals surface area contributed by atoms with Crippen molar-refractivity contribution in [1.29, 1.82) is 0 Å².